The van der Waals surface area contributed by atoms with Crippen LogP contribution in [-0.4, -0.2) is 68.4 Å². The van der Waals surface area contributed by atoms with Crippen LogP contribution in [0.2, 0.25) is 0 Å². The number of urea groups is 1. The number of hydrogen-bond donors (Lipinski definition) is 0. The van der Waals surface area contributed by atoms with E-state index in [1.54, 1.807) is 32.9 Å². The molecule has 0 aromatic heterocycles. The van der Waals surface area contributed by atoms with Gasteiger partial charge in [0.2, 0.25) is 0 Å². The minimum Gasteiger partial charge on any atom is -0.497 e. The van der Waals surface area contributed by atoms with Crippen LogP contribution in [0.1, 0.15) is 56.6 Å². The van der Waals surface area contributed by atoms with E-state index in [0.717, 1.165) is 18.4 Å². The van der Waals surface area contributed by atoms with Gasteiger partial charge in [-0.15, -0.1) is 0 Å². The molecule has 0 saturated carbocycles. The molecule has 4 rings (SSSR count). The van der Waals surface area contributed by atoms with Crippen LogP contribution in [0.25, 0.3) is 0 Å². The Labute approximate surface area is 247 Å². The Morgan fingerprint density at radius 3 is 2.44 bits per heavy atom. The molecule has 2 aromatic carbocycles. The molecular formula is C32H43N3O6. The van der Waals surface area contributed by atoms with Crippen molar-refractivity contribution in [3.05, 3.63) is 54.1 Å². The largest absolute Gasteiger partial charge is 0.497 e. The first kappa shape index (κ1) is 26.2. The maximum absolute atomic E-state index is 13.5. The molecule has 2 aliphatic rings. The number of nitrogens with zero attached hydrogens (tertiary/aromatic N) is 3. The number of carbonyl (C=O) groups excluding carboxylic acids is 3. The number of esters is 1. The predicted molar refractivity (Wildman–Crippen MR) is 158 cm³/mol. The number of benzene rings is 2. The summed E-state index contributed by atoms with van der Waals surface area (Å²) in [6.07, 6.45) is 2.45. The van der Waals surface area contributed by atoms with Gasteiger partial charge in [0.15, 0.2) is 0 Å². The van der Waals surface area contributed by atoms with Crippen LogP contribution in [0.3, 0.4) is 0 Å². The normalized spacial score (nSPS) is 19.4. The first-order valence-electron chi connectivity index (χ1n) is 15.9. The monoisotopic (exact) mass is 571 g/mol. The maximum Gasteiger partial charge on any atom is 0.409 e. The topological polar surface area (TPSA) is 88.6 Å². The van der Waals surface area contributed by atoms with E-state index in [2.05, 4.69) is 0 Å². The second-order valence-corrected chi connectivity index (χ2v) is 11.7. The van der Waals surface area contributed by atoms with E-state index in [9.17, 15) is 14.4 Å². The van der Waals surface area contributed by atoms with Gasteiger partial charge in [0.25, 0.3) is 0 Å². The number of anilines is 2. The zero-order valence-electron chi connectivity index (χ0n) is 27.4. The van der Waals surface area contributed by atoms with E-state index < -0.39 is 18.6 Å². The van der Waals surface area contributed by atoms with E-state index in [1.165, 1.54) is 6.07 Å². The van der Waals surface area contributed by atoms with Gasteiger partial charge >= 0.3 is 18.1 Å². The molecule has 9 nitrogen and oxygen atoms in total. The summed E-state index contributed by atoms with van der Waals surface area (Å²) in [7, 11) is -2.59. The van der Waals surface area contributed by atoms with Crippen LogP contribution in [0.4, 0.5) is 21.0 Å². The Balaban J connectivity index is 1.49. The highest BCUT2D eigenvalue weighted by Gasteiger charge is 2.39. The molecule has 41 heavy (non-hydrogen) atoms. The Bertz CT molecular complexity index is 1330. The third-order valence-corrected chi connectivity index (χ3v) is 7.42. The number of methoxy groups -OCH3 is 1. The number of carbonyl (C=O) groups is 3. The first-order chi connectivity index (χ1) is 20.7. The smallest absolute Gasteiger partial charge is 0.409 e. The summed E-state index contributed by atoms with van der Waals surface area (Å²) in [5.74, 6) is -0.731. The summed E-state index contributed by atoms with van der Waals surface area (Å²) in [5.41, 5.74) is 1.45. The summed E-state index contributed by atoms with van der Waals surface area (Å²) >= 11 is 0. The number of rotatable bonds is 10. The minimum absolute atomic E-state index is 0.0967. The van der Waals surface area contributed by atoms with Gasteiger partial charge in [0.1, 0.15) is 11.4 Å². The lowest BCUT2D eigenvalue weighted by atomic mass is 9.86. The van der Waals surface area contributed by atoms with Gasteiger partial charge in [-0.1, -0.05) is 31.5 Å². The van der Waals surface area contributed by atoms with Crippen LogP contribution in [0.5, 0.6) is 5.75 Å². The molecule has 2 fully saturated rings. The summed E-state index contributed by atoms with van der Waals surface area (Å²) in [5, 5.41) is 0. The average Bonchev–Trinajstić information content (AvgIpc) is 3.57. The van der Waals surface area contributed by atoms with Crippen molar-refractivity contribution in [2.24, 2.45) is 11.8 Å². The highest BCUT2D eigenvalue weighted by Crippen LogP contribution is 2.32. The lowest BCUT2D eigenvalue weighted by molar-refractivity contribution is -0.161. The molecule has 3 amide bonds. The van der Waals surface area contributed by atoms with E-state index in [4.69, 9.17) is 18.3 Å². The van der Waals surface area contributed by atoms with Crippen LogP contribution in [0, 0.1) is 11.8 Å². The molecule has 0 N–H and O–H groups in total. The van der Waals surface area contributed by atoms with E-state index in [0.29, 0.717) is 57.0 Å². The summed E-state index contributed by atoms with van der Waals surface area (Å²) < 4.78 is 38.3. The molecule has 2 saturated heterocycles. The zero-order chi connectivity index (χ0) is 32.1. The summed E-state index contributed by atoms with van der Waals surface area (Å²) in [6, 6.07) is 13.8. The second-order valence-electron chi connectivity index (χ2n) is 11.7. The number of amides is 3. The molecule has 2 aliphatic heterocycles. The fourth-order valence-electron chi connectivity index (χ4n) is 5.33. The number of ether oxygens (including phenoxy) is 3. The summed E-state index contributed by atoms with van der Waals surface area (Å²) in [4.78, 5) is 44.5. The number of likely N-dealkylation sites (tertiary alicyclic amines) is 1. The third kappa shape index (κ3) is 7.71. The van der Waals surface area contributed by atoms with Gasteiger partial charge in [-0.05, 0) is 75.8 Å². The third-order valence-electron chi connectivity index (χ3n) is 7.42. The molecular weight excluding hydrogens is 522 g/mol. The van der Waals surface area contributed by atoms with E-state index >= 15 is 0 Å². The van der Waals surface area contributed by atoms with Crippen LogP contribution >= 0.6 is 0 Å². The molecule has 0 unspecified atom stereocenters. The van der Waals surface area contributed by atoms with Crippen LogP contribution in [0.15, 0.2) is 48.5 Å². The highest BCUT2D eigenvalue weighted by molar-refractivity contribution is 6.06. The standard InChI is InChI=1S/C32H43N3O6/c1-6-7-18-40-31(38)33-15-14-24(22-33)28(29(36)41-32(2,3)4)20-23-10-8-11-25(19-23)34-16-17-35(30(34)37)26-12-9-13-27(21-26)39-5/h8-13,19,21,24,28H,6-7,14-18,20,22H2,1-5H3/t24-,28-/m0/s1/i5T3. The van der Waals surface area contributed by atoms with Crippen molar-refractivity contribution in [1.82, 2.24) is 4.90 Å². The van der Waals surface area contributed by atoms with Gasteiger partial charge in [0.05, 0.1) is 23.7 Å². The van der Waals surface area contributed by atoms with Gasteiger partial charge < -0.3 is 19.1 Å². The maximum atomic E-state index is 13.5. The van der Waals surface area contributed by atoms with Crippen LogP contribution in [-0.2, 0) is 20.7 Å². The van der Waals surface area contributed by atoms with Gasteiger partial charge in [-0.2, -0.15) is 0 Å². The van der Waals surface area contributed by atoms with Crippen molar-refractivity contribution in [2.75, 3.05) is 49.6 Å². The Kier molecular flexibility index (Phi) is 8.47. The first-order valence-corrected chi connectivity index (χ1v) is 14.4. The number of hydrogen-bond acceptors (Lipinski definition) is 6. The minimum atomic E-state index is -2.59. The quantitative estimate of drug-likeness (QED) is 0.261. The SMILES string of the molecule is [3H]C([3H])([3H])Oc1cccc(N2CCN(c3cccc(C[C@H](C(=O)OC(C)(C)C)[C@H]4CCN(C(=O)OCCCC)C4)c3)C2=O)c1. The molecule has 0 radical (unpaired) electrons. The molecule has 2 aromatic rings. The fraction of sp³-hybridized carbons (Fsp3) is 0.531. The molecule has 0 spiro atoms. The van der Waals surface area contributed by atoms with Crippen LogP contribution < -0.4 is 14.5 Å². The van der Waals surface area contributed by atoms with E-state index in [1.807, 2.05) is 52.0 Å². The average molecular weight is 572 g/mol. The van der Waals surface area contributed by atoms with E-state index in [-0.39, 0.29) is 29.8 Å². The predicted octanol–water partition coefficient (Wildman–Crippen LogP) is 5.90. The van der Waals surface area contributed by atoms with Crippen molar-refractivity contribution in [2.45, 2.75) is 59.0 Å². The number of unbranched alkanes of at least 4 members (excludes halogenated alkanes) is 1. The Hall–Kier alpha value is -3.75. The van der Waals surface area contributed by atoms with Gasteiger partial charge in [-0.3, -0.25) is 14.6 Å². The summed E-state index contributed by atoms with van der Waals surface area (Å²) in [6.45, 7) is 9.71. The van der Waals surface area contributed by atoms with Crippen molar-refractivity contribution >= 4 is 29.5 Å². The van der Waals surface area contributed by atoms with Gasteiger partial charge in [-0.25, -0.2) is 9.59 Å². The molecule has 0 bridgehead atoms. The second kappa shape index (κ2) is 13.3. The zero-order valence-corrected chi connectivity index (χ0v) is 24.4. The van der Waals surface area contributed by atoms with Gasteiger partial charge in [0, 0.05) is 43.6 Å². The Morgan fingerprint density at radius 2 is 1.76 bits per heavy atom. The lowest BCUT2D eigenvalue weighted by Crippen LogP contribution is -2.36. The highest BCUT2D eigenvalue weighted by atomic mass is 16.6. The van der Waals surface area contributed by atoms with Crippen molar-refractivity contribution in [3.8, 4) is 5.75 Å². The Morgan fingerprint density at radius 1 is 1.05 bits per heavy atom. The molecule has 2 atom stereocenters. The van der Waals surface area contributed by atoms with Crippen molar-refractivity contribution in [1.29, 1.82) is 0 Å². The molecule has 2 heterocycles. The molecule has 0 aliphatic carbocycles. The fourth-order valence-corrected chi connectivity index (χ4v) is 5.33. The van der Waals surface area contributed by atoms with Crippen molar-refractivity contribution in [3.63, 3.8) is 0 Å². The lowest BCUT2D eigenvalue weighted by Gasteiger charge is -2.28. The van der Waals surface area contributed by atoms with Crippen molar-refractivity contribution < 1.29 is 32.7 Å². The molecule has 9 heteroatoms. The molecule has 222 valence electrons.